The number of Topliss-reactive ketones (excluding diaryl/α,β-unsaturated/α-hetero) is 1. The molecular formula is C47H72N2O7. The summed E-state index contributed by atoms with van der Waals surface area (Å²) in [6.07, 6.45) is 10.7. The number of allylic oxidation sites excluding steroid dienone is 1. The van der Waals surface area contributed by atoms with Gasteiger partial charge < -0.3 is 20.1 Å². The number of piperidine rings is 1. The second-order valence-corrected chi connectivity index (χ2v) is 22.5. The number of carbonyl (C=O) groups excluding carboxylic acids is 4. The van der Waals surface area contributed by atoms with Crippen LogP contribution in [0.5, 0.6) is 0 Å². The molecule has 6 fully saturated rings. The van der Waals surface area contributed by atoms with Crippen molar-refractivity contribution < 1.29 is 33.8 Å². The third kappa shape index (κ3) is 5.74. The van der Waals surface area contributed by atoms with Gasteiger partial charge in [0.05, 0.1) is 17.3 Å². The zero-order valence-electron chi connectivity index (χ0n) is 36.5. The van der Waals surface area contributed by atoms with Gasteiger partial charge in [-0.3, -0.25) is 24.0 Å². The molecule has 5 saturated carbocycles. The van der Waals surface area contributed by atoms with E-state index in [2.05, 4.69) is 53.8 Å². The van der Waals surface area contributed by atoms with Crippen molar-refractivity contribution in [2.24, 2.45) is 68.0 Å². The van der Waals surface area contributed by atoms with E-state index in [4.69, 9.17) is 4.74 Å². The van der Waals surface area contributed by atoms with Gasteiger partial charge in [-0.15, -0.1) is 0 Å². The number of carboxylic acids is 1. The van der Waals surface area contributed by atoms with Crippen LogP contribution >= 0.6 is 0 Å². The molecule has 7 rings (SSSR count). The average molecular weight is 777 g/mol. The number of ether oxygens (including phenoxy) is 1. The Balaban J connectivity index is 1.15. The highest BCUT2D eigenvalue weighted by atomic mass is 16.5. The molecule has 1 heterocycles. The van der Waals surface area contributed by atoms with E-state index in [1.54, 1.807) is 0 Å². The minimum atomic E-state index is -1.07. The molecule has 2 amide bonds. The second-order valence-electron chi connectivity index (χ2n) is 22.5. The van der Waals surface area contributed by atoms with Crippen LogP contribution in [0.15, 0.2) is 11.1 Å². The number of esters is 1. The first-order valence-electron chi connectivity index (χ1n) is 22.2. The molecule has 10 atom stereocenters. The lowest BCUT2D eigenvalue weighted by Gasteiger charge is -2.72. The summed E-state index contributed by atoms with van der Waals surface area (Å²) < 4.78 is 6.41. The van der Waals surface area contributed by atoms with Gasteiger partial charge in [0.25, 0.3) is 0 Å². The number of likely N-dealkylation sites (tertiary alicyclic amines) is 1. The molecule has 1 aliphatic heterocycles. The van der Waals surface area contributed by atoms with Gasteiger partial charge in [-0.2, -0.15) is 0 Å². The van der Waals surface area contributed by atoms with Crippen LogP contribution in [0.2, 0.25) is 0 Å². The Morgan fingerprint density at radius 1 is 0.804 bits per heavy atom. The maximum absolute atomic E-state index is 14.9. The SMILES string of the molecule is CC(C)C1=C2[C@H]3CC[C@@H]4[C@@]5(C)CC[C@H](OC(=O)[C@H]6C[C@@H](C(=O)O)C6(C)C)C(C)(C)[C@@H]5CC[C@@]4(C)[C@]3(C)CC[C@@]2(C(=O)NC(C)(C)C(=O)N2CCCCC2)CC1=O. The maximum atomic E-state index is 14.9. The Morgan fingerprint density at radius 3 is 2.07 bits per heavy atom. The van der Waals surface area contributed by atoms with Crippen LogP contribution in [0.3, 0.4) is 0 Å². The Morgan fingerprint density at radius 2 is 1.46 bits per heavy atom. The molecule has 312 valence electrons. The fourth-order valence-electron chi connectivity index (χ4n) is 15.0. The van der Waals surface area contributed by atoms with E-state index in [1.807, 2.05) is 32.6 Å². The Hall–Kier alpha value is -2.71. The van der Waals surface area contributed by atoms with E-state index in [1.165, 1.54) is 0 Å². The number of amides is 2. The standard InChI is InChI=1S/C47H72N2O7/c1-27(2)35-31(50)26-47(39(54)48-43(7,8)40(55)49-23-13-12-14-24-49)22-21-45(10)28(36(35)47)15-16-33-44(9)19-18-34(42(5,6)32(44)17-20-46(33,45)11)56-38(53)30-25-29(37(51)52)41(30,3)4/h27-30,32-34H,12-26H2,1-11H3,(H,48,54)(H,51,52)/t28-,29+,30-,32+,33-,34+,44+,45-,46-,47-/m1/s1. The Kier molecular flexibility index (Phi) is 9.92. The van der Waals surface area contributed by atoms with Crippen LogP contribution in [0, 0.1) is 68.0 Å². The molecule has 0 radical (unpaired) electrons. The number of hydrogen-bond donors (Lipinski definition) is 2. The zero-order chi connectivity index (χ0) is 41.2. The summed E-state index contributed by atoms with van der Waals surface area (Å²) in [6.45, 7) is 25.2. The first kappa shape index (κ1) is 41.4. The number of hydrogen-bond acceptors (Lipinski definition) is 6. The number of carbonyl (C=O) groups is 5. The van der Waals surface area contributed by atoms with Crippen molar-refractivity contribution in [2.45, 2.75) is 171 Å². The molecule has 0 aromatic carbocycles. The lowest BCUT2D eigenvalue weighted by Crippen LogP contribution is -2.67. The monoisotopic (exact) mass is 777 g/mol. The van der Waals surface area contributed by atoms with Crippen molar-refractivity contribution >= 4 is 29.5 Å². The first-order valence-corrected chi connectivity index (χ1v) is 22.2. The van der Waals surface area contributed by atoms with Gasteiger partial charge in [0.1, 0.15) is 11.6 Å². The third-order valence-corrected chi connectivity index (χ3v) is 18.5. The van der Waals surface area contributed by atoms with E-state index in [9.17, 15) is 29.1 Å². The molecule has 1 saturated heterocycles. The molecule has 0 unspecified atom stereocenters. The van der Waals surface area contributed by atoms with Crippen molar-refractivity contribution in [3.63, 3.8) is 0 Å². The topological polar surface area (TPSA) is 130 Å². The predicted molar refractivity (Wildman–Crippen MR) is 215 cm³/mol. The smallest absolute Gasteiger partial charge is 0.309 e. The third-order valence-electron chi connectivity index (χ3n) is 18.5. The summed E-state index contributed by atoms with van der Waals surface area (Å²) >= 11 is 0. The van der Waals surface area contributed by atoms with E-state index < -0.39 is 34.2 Å². The number of rotatable bonds is 7. The minimum absolute atomic E-state index is 0.00983. The van der Waals surface area contributed by atoms with Crippen molar-refractivity contribution in [1.82, 2.24) is 10.2 Å². The summed E-state index contributed by atoms with van der Waals surface area (Å²) in [5.41, 5.74) is -0.994. The average Bonchev–Trinajstić information content (AvgIpc) is 3.42. The van der Waals surface area contributed by atoms with Crippen molar-refractivity contribution in [1.29, 1.82) is 0 Å². The lowest BCUT2D eigenvalue weighted by atomic mass is 9.33. The van der Waals surface area contributed by atoms with E-state index in [0.717, 1.165) is 88.4 Å². The number of aliphatic carboxylic acids is 1. The minimum Gasteiger partial charge on any atom is -0.481 e. The van der Waals surface area contributed by atoms with Crippen LogP contribution in [0.1, 0.15) is 160 Å². The highest BCUT2D eigenvalue weighted by molar-refractivity contribution is 6.07. The van der Waals surface area contributed by atoms with Gasteiger partial charge in [0, 0.05) is 24.9 Å². The number of fused-ring (bicyclic) bond motifs is 7. The van der Waals surface area contributed by atoms with Crippen molar-refractivity contribution in [3.8, 4) is 0 Å². The predicted octanol–water partition coefficient (Wildman–Crippen LogP) is 8.53. The van der Waals surface area contributed by atoms with Gasteiger partial charge >= 0.3 is 11.9 Å². The van der Waals surface area contributed by atoms with E-state index in [0.29, 0.717) is 24.7 Å². The molecular weight excluding hydrogens is 705 g/mol. The normalized spacial score (nSPS) is 41.4. The molecule has 9 heteroatoms. The van der Waals surface area contributed by atoms with Crippen LogP contribution < -0.4 is 5.32 Å². The molecule has 2 N–H and O–H groups in total. The van der Waals surface area contributed by atoms with Crippen molar-refractivity contribution in [2.75, 3.05) is 13.1 Å². The Labute approximate surface area is 336 Å². The van der Waals surface area contributed by atoms with E-state index >= 15 is 0 Å². The first-order chi connectivity index (χ1) is 25.9. The molecule has 9 nitrogen and oxygen atoms in total. The Bertz CT molecular complexity index is 1720. The van der Waals surface area contributed by atoms with Gasteiger partial charge in [0.2, 0.25) is 11.8 Å². The summed E-state index contributed by atoms with van der Waals surface area (Å²) in [4.78, 5) is 70.2. The number of ketones is 1. The number of nitrogens with one attached hydrogen (secondary N) is 1. The summed E-state index contributed by atoms with van der Waals surface area (Å²) in [7, 11) is 0. The molecule has 0 spiro atoms. The van der Waals surface area contributed by atoms with Crippen LogP contribution in [0.4, 0.5) is 0 Å². The molecule has 0 bridgehead atoms. The number of carboxylic acid groups (broad SMARTS) is 1. The fraction of sp³-hybridized carbons (Fsp3) is 0.851. The van der Waals surface area contributed by atoms with Gasteiger partial charge in [-0.25, -0.2) is 0 Å². The van der Waals surface area contributed by atoms with Gasteiger partial charge in [-0.1, -0.05) is 62.3 Å². The molecule has 0 aromatic rings. The fourth-order valence-corrected chi connectivity index (χ4v) is 15.0. The van der Waals surface area contributed by atoms with Gasteiger partial charge in [-0.05, 0) is 147 Å². The second kappa shape index (κ2) is 13.4. The largest absolute Gasteiger partial charge is 0.481 e. The maximum Gasteiger partial charge on any atom is 0.309 e. The summed E-state index contributed by atoms with van der Waals surface area (Å²) in [6, 6.07) is 0. The summed E-state index contributed by atoms with van der Waals surface area (Å²) in [5, 5.41) is 12.9. The zero-order valence-corrected chi connectivity index (χ0v) is 36.5. The molecule has 56 heavy (non-hydrogen) atoms. The lowest BCUT2D eigenvalue weighted by molar-refractivity contribution is -0.236. The highest BCUT2D eigenvalue weighted by Crippen LogP contribution is 2.77. The quantitative estimate of drug-likeness (QED) is 0.248. The molecule has 6 aliphatic carbocycles. The van der Waals surface area contributed by atoms with Crippen LogP contribution in [-0.2, 0) is 28.7 Å². The highest BCUT2D eigenvalue weighted by Gasteiger charge is 2.71. The van der Waals surface area contributed by atoms with Crippen molar-refractivity contribution in [3.05, 3.63) is 11.1 Å². The molecule has 0 aromatic heterocycles. The van der Waals surface area contributed by atoms with Crippen LogP contribution in [0.25, 0.3) is 0 Å². The van der Waals surface area contributed by atoms with Crippen LogP contribution in [-0.4, -0.2) is 64.3 Å². The van der Waals surface area contributed by atoms with Gasteiger partial charge in [0.15, 0.2) is 5.78 Å². The molecule has 7 aliphatic rings. The summed E-state index contributed by atoms with van der Waals surface area (Å²) in [5.74, 6) is -1.16. The number of nitrogens with zero attached hydrogens (tertiary/aromatic N) is 1. The van der Waals surface area contributed by atoms with E-state index in [-0.39, 0.29) is 69.6 Å².